The first kappa shape index (κ1) is 17.6. The van der Waals surface area contributed by atoms with E-state index in [0.29, 0.717) is 19.4 Å². The van der Waals surface area contributed by atoms with Gasteiger partial charge in [-0.2, -0.15) is 0 Å². The van der Waals surface area contributed by atoms with Gasteiger partial charge in [0.15, 0.2) is 0 Å². The van der Waals surface area contributed by atoms with Gasteiger partial charge in [-0.1, -0.05) is 18.2 Å². The second-order valence-electron chi connectivity index (χ2n) is 7.21. The van der Waals surface area contributed by atoms with Crippen molar-refractivity contribution in [3.8, 4) is 0 Å². The van der Waals surface area contributed by atoms with Crippen molar-refractivity contribution in [3.05, 3.63) is 42.5 Å². The van der Waals surface area contributed by atoms with Gasteiger partial charge in [0.1, 0.15) is 0 Å². The van der Waals surface area contributed by atoms with Gasteiger partial charge >= 0.3 is 0 Å². The van der Waals surface area contributed by atoms with Crippen LogP contribution in [0.5, 0.6) is 0 Å². The van der Waals surface area contributed by atoms with Gasteiger partial charge in [0, 0.05) is 52.9 Å². The number of benzene rings is 2. The fourth-order valence-corrected chi connectivity index (χ4v) is 3.65. The van der Waals surface area contributed by atoms with Crippen molar-refractivity contribution in [2.45, 2.75) is 39.2 Å². The summed E-state index contributed by atoms with van der Waals surface area (Å²) in [6.07, 6.45) is 3.06. The van der Waals surface area contributed by atoms with Crippen LogP contribution in [-0.4, -0.2) is 22.9 Å². The largest absolute Gasteiger partial charge is 0.356 e. The molecule has 3 aromatic rings. The summed E-state index contributed by atoms with van der Waals surface area (Å²) in [5.41, 5.74) is 3.21. The molecule has 1 heterocycles. The number of nitrogens with one attached hydrogen (secondary N) is 2. The van der Waals surface area contributed by atoms with Crippen LogP contribution in [0.15, 0.2) is 42.5 Å². The number of carbonyl (C=O) groups excluding carboxylic acids is 2. The minimum Gasteiger partial charge on any atom is -0.356 e. The van der Waals surface area contributed by atoms with Gasteiger partial charge in [-0.05, 0) is 50.5 Å². The average molecular weight is 363 g/mol. The molecule has 0 unspecified atom stereocenters. The van der Waals surface area contributed by atoms with E-state index in [1.54, 1.807) is 0 Å². The molecule has 0 bridgehead atoms. The Kier molecular flexibility index (Phi) is 4.84. The molecule has 1 aromatic heterocycles. The molecule has 1 saturated carbocycles. The van der Waals surface area contributed by atoms with Crippen molar-refractivity contribution in [1.82, 2.24) is 9.88 Å². The van der Waals surface area contributed by atoms with Gasteiger partial charge in [-0.15, -0.1) is 0 Å². The standard InChI is InChI=1S/C22H25N3O2/c1-2-25-19-7-4-3-6-17(19)18-14-16(11-12-20(18)25)24-21(26)8-5-13-23-22(27)15-9-10-15/h3-4,6-7,11-12,14-15H,2,5,8-10,13H2,1H3,(H,23,27)(H,24,26). The molecule has 2 aromatic carbocycles. The molecule has 0 saturated heterocycles. The molecule has 0 radical (unpaired) electrons. The number of para-hydroxylation sites is 1. The first-order chi connectivity index (χ1) is 13.2. The van der Waals surface area contributed by atoms with Crippen LogP contribution < -0.4 is 10.6 Å². The Labute approximate surface area is 158 Å². The third-order valence-corrected chi connectivity index (χ3v) is 5.20. The second kappa shape index (κ2) is 7.43. The molecule has 4 rings (SSSR count). The molecule has 0 aliphatic heterocycles. The van der Waals surface area contributed by atoms with Crippen LogP contribution >= 0.6 is 0 Å². The lowest BCUT2D eigenvalue weighted by molar-refractivity contribution is -0.122. The summed E-state index contributed by atoms with van der Waals surface area (Å²) in [5.74, 6) is 0.332. The van der Waals surface area contributed by atoms with Crippen LogP contribution in [0.3, 0.4) is 0 Å². The number of carbonyl (C=O) groups is 2. The lowest BCUT2D eigenvalue weighted by atomic mass is 10.1. The zero-order valence-corrected chi connectivity index (χ0v) is 15.6. The molecule has 1 aliphatic carbocycles. The highest BCUT2D eigenvalue weighted by atomic mass is 16.2. The van der Waals surface area contributed by atoms with Gasteiger partial charge in [0.25, 0.3) is 0 Å². The Morgan fingerprint density at radius 1 is 1.07 bits per heavy atom. The highest BCUT2D eigenvalue weighted by molar-refractivity contribution is 6.09. The number of amides is 2. The number of anilines is 1. The van der Waals surface area contributed by atoms with E-state index in [1.807, 2.05) is 12.1 Å². The minimum atomic E-state index is -0.0192. The minimum absolute atomic E-state index is 0.0192. The third-order valence-electron chi connectivity index (χ3n) is 5.20. The topological polar surface area (TPSA) is 63.1 Å². The molecule has 0 spiro atoms. The van der Waals surface area contributed by atoms with Gasteiger partial charge in [0.05, 0.1) is 0 Å². The summed E-state index contributed by atoms with van der Waals surface area (Å²) >= 11 is 0. The first-order valence-corrected chi connectivity index (χ1v) is 9.76. The van der Waals surface area contributed by atoms with E-state index in [2.05, 4.69) is 52.5 Å². The predicted octanol–water partition coefficient (Wildman–Crippen LogP) is 4.06. The molecule has 5 nitrogen and oxygen atoms in total. The molecule has 140 valence electrons. The first-order valence-electron chi connectivity index (χ1n) is 9.76. The van der Waals surface area contributed by atoms with Crippen molar-refractivity contribution in [3.63, 3.8) is 0 Å². The summed E-state index contributed by atoms with van der Waals surface area (Å²) in [7, 11) is 0. The van der Waals surface area contributed by atoms with Gasteiger partial charge in [0.2, 0.25) is 11.8 Å². The zero-order valence-electron chi connectivity index (χ0n) is 15.6. The Morgan fingerprint density at radius 3 is 2.63 bits per heavy atom. The number of aromatic nitrogens is 1. The second-order valence-corrected chi connectivity index (χ2v) is 7.21. The van der Waals surface area contributed by atoms with Crippen molar-refractivity contribution >= 4 is 39.3 Å². The number of rotatable bonds is 7. The number of hydrogen-bond acceptors (Lipinski definition) is 2. The quantitative estimate of drug-likeness (QED) is 0.622. The van der Waals surface area contributed by atoms with Crippen molar-refractivity contribution in [2.75, 3.05) is 11.9 Å². The summed E-state index contributed by atoms with van der Waals surface area (Å²) in [6, 6.07) is 14.4. The number of fused-ring (bicyclic) bond motifs is 3. The van der Waals surface area contributed by atoms with E-state index in [1.165, 1.54) is 16.4 Å². The lowest BCUT2D eigenvalue weighted by Gasteiger charge is -2.07. The van der Waals surface area contributed by atoms with Crippen molar-refractivity contribution in [1.29, 1.82) is 0 Å². The zero-order chi connectivity index (χ0) is 18.8. The van der Waals surface area contributed by atoms with E-state index in [9.17, 15) is 9.59 Å². The van der Waals surface area contributed by atoms with Crippen LogP contribution in [0.1, 0.15) is 32.6 Å². The predicted molar refractivity (Wildman–Crippen MR) is 109 cm³/mol. The third kappa shape index (κ3) is 3.68. The maximum absolute atomic E-state index is 12.2. The van der Waals surface area contributed by atoms with Crippen LogP contribution in [0.4, 0.5) is 5.69 Å². The van der Waals surface area contributed by atoms with Gasteiger partial charge in [-0.25, -0.2) is 0 Å². The molecule has 5 heteroatoms. The normalized spacial score (nSPS) is 13.8. The molecule has 1 aliphatic rings. The number of nitrogens with zero attached hydrogens (tertiary/aromatic N) is 1. The summed E-state index contributed by atoms with van der Waals surface area (Å²) in [4.78, 5) is 23.8. The van der Waals surface area contributed by atoms with Crippen LogP contribution in [0.2, 0.25) is 0 Å². The Hall–Kier alpha value is -2.82. The van der Waals surface area contributed by atoms with E-state index < -0.39 is 0 Å². The monoisotopic (exact) mass is 363 g/mol. The number of hydrogen-bond donors (Lipinski definition) is 2. The van der Waals surface area contributed by atoms with E-state index in [0.717, 1.165) is 30.5 Å². The molecule has 2 amide bonds. The molecular formula is C22H25N3O2. The van der Waals surface area contributed by atoms with Crippen LogP contribution in [-0.2, 0) is 16.1 Å². The van der Waals surface area contributed by atoms with Crippen molar-refractivity contribution in [2.24, 2.45) is 5.92 Å². The molecule has 0 atom stereocenters. The highest BCUT2D eigenvalue weighted by Gasteiger charge is 2.28. The maximum Gasteiger partial charge on any atom is 0.224 e. The number of aryl methyl sites for hydroxylation is 1. The molecule has 1 fully saturated rings. The summed E-state index contributed by atoms with van der Waals surface area (Å²) in [6.45, 7) is 3.61. The van der Waals surface area contributed by atoms with Crippen LogP contribution in [0, 0.1) is 5.92 Å². The lowest BCUT2D eigenvalue weighted by Crippen LogP contribution is -2.26. The Morgan fingerprint density at radius 2 is 1.85 bits per heavy atom. The molecule has 27 heavy (non-hydrogen) atoms. The highest BCUT2D eigenvalue weighted by Crippen LogP contribution is 2.31. The molecular weight excluding hydrogens is 338 g/mol. The van der Waals surface area contributed by atoms with Crippen LogP contribution in [0.25, 0.3) is 21.8 Å². The fraction of sp³-hybridized carbons (Fsp3) is 0.364. The summed E-state index contributed by atoms with van der Waals surface area (Å²) in [5, 5.41) is 8.24. The van der Waals surface area contributed by atoms with Gasteiger partial charge in [-0.3, -0.25) is 9.59 Å². The Balaban J connectivity index is 1.42. The van der Waals surface area contributed by atoms with E-state index >= 15 is 0 Å². The SMILES string of the molecule is CCn1c2ccccc2c2cc(NC(=O)CCCNC(=O)C3CC3)ccc21. The average Bonchev–Trinajstić information content (AvgIpc) is 3.48. The molecule has 2 N–H and O–H groups in total. The van der Waals surface area contributed by atoms with E-state index in [-0.39, 0.29) is 17.7 Å². The van der Waals surface area contributed by atoms with Gasteiger partial charge < -0.3 is 15.2 Å². The van der Waals surface area contributed by atoms with E-state index in [4.69, 9.17) is 0 Å². The maximum atomic E-state index is 12.2. The fourth-order valence-electron chi connectivity index (χ4n) is 3.65. The smallest absolute Gasteiger partial charge is 0.224 e. The Bertz CT molecular complexity index is 1000. The van der Waals surface area contributed by atoms with Crippen molar-refractivity contribution < 1.29 is 9.59 Å². The summed E-state index contributed by atoms with van der Waals surface area (Å²) < 4.78 is 2.29.